The zero-order chi connectivity index (χ0) is 14.5. The van der Waals surface area contributed by atoms with Gasteiger partial charge in [0.1, 0.15) is 0 Å². The standard InChI is InChI=1S/C12H11N5O3/c1-8-2-3-9(17(19)20)6-10(8)15-12(18)16-11-7-13-4-5-14-11/h2-7H,1H3,(H2,14,15,16,18). The fourth-order valence-electron chi connectivity index (χ4n) is 1.49. The number of urea groups is 1. The number of nitro groups is 1. The van der Waals surface area contributed by atoms with Gasteiger partial charge in [-0.3, -0.25) is 20.4 Å². The highest BCUT2D eigenvalue weighted by atomic mass is 16.6. The molecular formula is C12H11N5O3. The molecule has 20 heavy (non-hydrogen) atoms. The van der Waals surface area contributed by atoms with Crippen LogP contribution in [0, 0.1) is 17.0 Å². The van der Waals surface area contributed by atoms with E-state index in [9.17, 15) is 14.9 Å². The van der Waals surface area contributed by atoms with Crippen LogP contribution in [0.25, 0.3) is 0 Å². The molecule has 0 unspecified atom stereocenters. The minimum Gasteiger partial charge on any atom is -0.307 e. The normalized spacial score (nSPS) is 9.85. The Balaban J connectivity index is 2.11. The van der Waals surface area contributed by atoms with Crippen LogP contribution in [-0.2, 0) is 0 Å². The summed E-state index contributed by atoms with van der Waals surface area (Å²) in [5.41, 5.74) is 0.982. The Morgan fingerprint density at radius 2 is 2.10 bits per heavy atom. The molecule has 0 saturated heterocycles. The van der Waals surface area contributed by atoms with Crippen molar-refractivity contribution in [2.24, 2.45) is 0 Å². The fourth-order valence-corrected chi connectivity index (χ4v) is 1.49. The Hall–Kier alpha value is -3.03. The average Bonchev–Trinajstić information content (AvgIpc) is 2.42. The smallest absolute Gasteiger partial charge is 0.307 e. The topological polar surface area (TPSA) is 110 Å². The molecular weight excluding hydrogens is 262 g/mol. The molecule has 2 aromatic rings. The number of nitrogens with zero attached hydrogens (tertiary/aromatic N) is 3. The summed E-state index contributed by atoms with van der Waals surface area (Å²) in [5.74, 6) is 0.285. The lowest BCUT2D eigenvalue weighted by Crippen LogP contribution is -2.20. The molecule has 1 aromatic heterocycles. The predicted octanol–water partition coefficient (Wildman–Crippen LogP) is 2.34. The van der Waals surface area contributed by atoms with E-state index in [-0.39, 0.29) is 11.5 Å². The molecule has 0 radical (unpaired) electrons. The van der Waals surface area contributed by atoms with Crippen molar-refractivity contribution in [3.8, 4) is 0 Å². The third kappa shape index (κ3) is 3.25. The number of hydrogen-bond acceptors (Lipinski definition) is 5. The minimum atomic E-state index is -0.547. The van der Waals surface area contributed by atoms with Gasteiger partial charge in [0.15, 0.2) is 5.82 Å². The molecule has 0 aliphatic heterocycles. The average molecular weight is 273 g/mol. The summed E-state index contributed by atoms with van der Waals surface area (Å²) in [5, 5.41) is 15.7. The van der Waals surface area contributed by atoms with Crippen molar-refractivity contribution in [3.63, 3.8) is 0 Å². The summed E-state index contributed by atoms with van der Waals surface area (Å²) in [6.45, 7) is 1.74. The summed E-state index contributed by atoms with van der Waals surface area (Å²) in [6, 6.07) is 3.69. The predicted molar refractivity (Wildman–Crippen MR) is 72.5 cm³/mol. The van der Waals surface area contributed by atoms with Crippen LogP contribution in [0.5, 0.6) is 0 Å². The molecule has 2 rings (SSSR count). The van der Waals surface area contributed by atoms with E-state index in [1.165, 1.54) is 30.7 Å². The Morgan fingerprint density at radius 1 is 1.30 bits per heavy atom. The first-order chi connectivity index (χ1) is 9.56. The van der Waals surface area contributed by atoms with E-state index in [1.807, 2.05) is 0 Å². The second kappa shape index (κ2) is 5.74. The number of nitro benzene ring substituents is 1. The monoisotopic (exact) mass is 273 g/mol. The number of anilines is 2. The first-order valence-corrected chi connectivity index (χ1v) is 5.65. The van der Waals surface area contributed by atoms with E-state index in [4.69, 9.17) is 0 Å². The SMILES string of the molecule is Cc1ccc([N+](=O)[O-])cc1NC(=O)Nc1cnccn1. The molecule has 0 fully saturated rings. The highest BCUT2D eigenvalue weighted by molar-refractivity contribution is 5.99. The van der Waals surface area contributed by atoms with Gasteiger partial charge in [-0.05, 0) is 12.5 Å². The molecule has 0 saturated carbocycles. The quantitative estimate of drug-likeness (QED) is 0.658. The van der Waals surface area contributed by atoms with Crippen molar-refractivity contribution in [2.75, 3.05) is 10.6 Å². The number of carbonyl (C=O) groups excluding carboxylic acids is 1. The molecule has 0 spiro atoms. The maximum Gasteiger partial charge on any atom is 0.324 e. The lowest BCUT2D eigenvalue weighted by Gasteiger charge is -2.08. The molecule has 2 amide bonds. The summed E-state index contributed by atoms with van der Waals surface area (Å²) in [4.78, 5) is 29.6. The molecule has 8 nitrogen and oxygen atoms in total. The minimum absolute atomic E-state index is 0.0922. The van der Waals surface area contributed by atoms with Gasteiger partial charge < -0.3 is 5.32 Å². The van der Waals surface area contributed by atoms with Crippen LogP contribution in [0.15, 0.2) is 36.8 Å². The van der Waals surface area contributed by atoms with Gasteiger partial charge in [-0.2, -0.15) is 0 Å². The highest BCUT2D eigenvalue weighted by Crippen LogP contribution is 2.21. The van der Waals surface area contributed by atoms with Crippen LogP contribution in [0.4, 0.5) is 22.0 Å². The van der Waals surface area contributed by atoms with E-state index in [0.29, 0.717) is 11.3 Å². The summed E-state index contributed by atoms with van der Waals surface area (Å²) < 4.78 is 0. The molecule has 8 heteroatoms. The van der Waals surface area contributed by atoms with Crippen molar-refractivity contribution < 1.29 is 9.72 Å². The first kappa shape index (κ1) is 13.4. The third-order valence-electron chi connectivity index (χ3n) is 2.48. The summed E-state index contributed by atoms with van der Waals surface area (Å²) >= 11 is 0. The van der Waals surface area contributed by atoms with Crippen LogP contribution >= 0.6 is 0 Å². The maximum absolute atomic E-state index is 11.8. The molecule has 0 aliphatic carbocycles. The van der Waals surface area contributed by atoms with E-state index in [0.717, 1.165) is 0 Å². The van der Waals surface area contributed by atoms with Crippen molar-refractivity contribution in [2.45, 2.75) is 6.92 Å². The molecule has 1 heterocycles. The van der Waals surface area contributed by atoms with Crippen LogP contribution in [0.2, 0.25) is 0 Å². The van der Waals surface area contributed by atoms with Gasteiger partial charge in [0.05, 0.1) is 16.8 Å². The van der Waals surface area contributed by atoms with E-state index < -0.39 is 11.0 Å². The number of rotatable bonds is 3. The molecule has 0 aliphatic rings. The number of aryl methyl sites for hydroxylation is 1. The van der Waals surface area contributed by atoms with Gasteiger partial charge in [0.25, 0.3) is 5.69 Å². The van der Waals surface area contributed by atoms with Gasteiger partial charge >= 0.3 is 6.03 Å². The zero-order valence-electron chi connectivity index (χ0n) is 10.5. The van der Waals surface area contributed by atoms with E-state index >= 15 is 0 Å². The van der Waals surface area contributed by atoms with Gasteiger partial charge in [0.2, 0.25) is 0 Å². The Bertz CT molecular complexity index is 645. The Labute approximate surface area is 114 Å². The van der Waals surface area contributed by atoms with Crippen LogP contribution in [0.1, 0.15) is 5.56 Å². The number of nitrogens with one attached hydrogen (secondary N) is 2. The molecule has 102 valence electrons. The maximum atomic E-state index is 11.8. The summed E-state index contributed by atoms with van der Waals surface area (Å²) in [7, 11) is 0. The van der Waals surface area contributed by atoms with Crippen LogP contribution in [0.3, 0.4) is 0 Å². The van der Waals surface area contributed by atoms with Crippen molar-refractivity contribution in [3.05, 3.63) is 52.5 Å². The zero-order valence-corrected chi connectivity index (χ0v) is 10.5. The third-order valence-corrected chi connectivity index (χ3v) is 2.48. The van der Waals surface area contributed by atoms with Crippen molar-refractivity contribution in [1.29, 1.82) is 0 Å². The fraction of sp³-hybridized carbons (Fsp3) is 0.0833. The van der Waals surface area contributed by atoms with Gasteiger partial charge in [0, 0.05) is 24.5 Å². The van der Waals surface area contributed by atoms with Gasteiger partial charge in [-0.1, -0.05) is 6.07 Å². The molecule has 0 bridgehead atoms. The van der Waals surface area contributed by atoms with E-state index in [2.05, 4.69) is 20.6 Å². The summed E-state index contributed by atoms with van der Waals surface area (Å²) in [6.07, 6.45) is 4.31. The van der Waals surface area contributed by atoms with Crippen molar-refractivity contribution >= 4 is 23.2 Å². The van der Waals surface area contributed by atoms with Crippen LogP contribution in [-0.4, -0.2) is 20.9 Å². The van der Waals surface area contributed by atoms with Crippen LogP contribution < -0.4 is 10.6 Å². The van der Waals surface area contributed by atoms with Gasteiger partial charge in [-0.25, -0.2) is 9.78 Å². The number of carbonyl (C=O) groups is 1. The highest BCUT2D eigenvalue weighted by Gasteiger charge is 2.11. The van der Waals surface area contributed by atoms with Gasteiger partial charge in [-0.15, -0.1) is 0 Å². The molecule has 2 N–H and O–H groups in total. The number of non-ortho nitro benzene ring substituents is 1. The lowest BCUT2D eigenvalue weighted by molar-refractivity contribution is -0.384. The number of aromatic nitrogens is 2. The lowest BCUT2D eigenvalue weighted by atomic mass is 10.2. The number of hydrogen-bond donors (Lipinski definition) is 2. The number of benzene rings is 1. The molecule has 1 aromatic carbocycles. The molecule has 0 atom stereocenters. The van der Waals surface area contributed by atoms with Crippen molar-refractivity contribution in [1.82, 2.24) is 9.97 Å². The van der Waals surface area contributed by atoms with E-state index in [1.54, 1.807) is 13.0 Å². The Kier molecular flexibility index (Phi) is 3.85. The second-order valence-corrected chi connectivity index (χ2v) is 3.93. The Morgan fingerprint density at radius 3 is 2.75 bits per heavy atom. The largest absolute Gasteiger partial charge is 0.324 e. The first-order valence-electron chi connectivity index (χ1n) is 5.65. The number of amides is 2. The second-order valence-electron chi connectivity index (χ2n) is 3.93.